The van der Waals surface area contributed by atoms with Crippen LogP contribution in [0, 0.1) is 0 Å². The number of nitrogens with zero attached hydrogens (tertiary/aromatic N) is 2. The van der Waals surface area contributed by atoms with E-state index in [2.05, 4.69) is 42.3 Å². The molecule has 0 aromatic heterocycles. The van der Waals surface area contributed by atoms with Crippen LogP contribution in [0.1, 0.15) is 64.2 Å². The third-order valence-corrected chi connectivity index (χ3v) is 3.91. The molecule has 0 aromatic carbocycles. The van der Waals surface area contributed by atoms with Crippen LogP contribution in [0.5, 0.6) is 0 Å². The van der Waals surface area contributed by atoms with Crippen molar-refractivity contribution in [2.24, 2.45) is 0 Å². The molecule has 0 aliphatic rings. The highest BCUT2D eigenvalue weighted by Gasteiger charge is 2.06. The van der Waals surface area contributed by atoms with Crippen molar-refractivity contribution in [3.63, 3.8) is 0 Å². The minimum absolute atomic E-state index is 0. The summed E-state index contributed by atoms with van der Waals surface area (Å²) in [4.78, 5) is 0. The summed E-state index contributed by atoms with van der Waals surface area (Å²) in [7, 11) is 13.7. The molecule has 0 rings (SSSR count). The molecule has 0 bridgehead atoms. The smallest absolute Gasteiger partial charge is 0.0780 e. The third-order valence-electron chi connectivity index (χ3n) is 3.91. The summed E-state index contributed by atoms with van der Waals surface area (Å²) in [6.07, 6.45) is 14.4. The monoisotopic (exact) mass is 356 g/mol. The van der Waals surface area contributed by atoms with Crippen LogP contribution >= 0.6 is 0 Å². The lowest BCUT2D eigenvalue weighted by molar-refractivity contribution is -0.870. The molecular formula is C18H42Cl2N2. The molecule has 0 saturated heterocycles. The van der Waals surface area contributed by atoms with Crippen LogP contribution < -0.4 is 24.8 Å². The van der Waals surface area contributed by atoms with Crippen molar-refractivity contribution in [3.05, 3.63) is 0 Å². The first-order chi connectivity index (χ1) is 9.21. The molecule has 2 nitrogen and oxygen atoms in total. The van der Waals surface area contributed by atoms with Gasteiger partial charge in [-0.2, -0.15) is 0 Å². The summed E-state index contributed by atoms with van der Waals surface area (Å²) in [5.74, 6) is 0. The van der Waals surface area contributed by atoms with E-state index in [9.17, 15) is 0 Å². The van der Waals surface area contributed by atoms with Crippen LogP contribution in [-0.2, 0) is 0 Å². The van der Waals surface area contributed by atoms with Crippen LogP contribution in [0.25, 0.3) is 0 Å². The number of unbranched alkanes of at least 4 members (excludes halogenated alkanes) is 9. The summed E-state index contributed by atoms with van der Waals surface area (Å²) in [6, 6.07) is 0. The Morgan fingerprint density at radius 1 is 0.364 bits per heavy atom. The van der Waals surface area contributed by atoms with Gasteiger partial charge in [0.2, 0.25) is 0 Å². The Labute approximate surface area is 153 Å². The van der Waals surface area contributed by atoms with Gasteiger partial charge in [0, 0.05) is 0 Å². The Morgan fingerprint density at radius 3 is 0.727 bits per heavy atom. The minimum atomic E-state index is 0. The summed E-state index contributed by atoms with van der Waals surface area (Å²) in [6.45, 7) is 2.65. The van der Waals surface area contributed by atoms with Gasteiger partial charge in [-0.15, -0.1) is 0 Å². The quantitative estimate of drug-likeness (QED) is 0.273. The van der Waals surface area contributed by atoms with Gasteiger partial charge in [-0.3, -0.25) is 0 Å². The van der Waals surface area contributed by atoms with Gasteiger partial charge in [0.1, 0.15) is 0 Å². The van der Waals surface area contributed by atoms with Gasteiger partial charge in [-0.05, 0) is 25.7 Å². The molecule has 0 unspecified atom stereocenters. The molecule has 4 heteroatoms. The van der Waals surface area contributed by atoms with E-state index < -0.39 is 0 Å². The Hall–Kier alpha value is 0.500. The summed E-state index contributed by atoms with van der Waals surface area (Å²) in [5.41, 5.74) is 0. The van der Waals surface area contributed by atoms with E-state index in [1.807, 2.05) is 0 Å². The second-order valence-electron chi connectivity index (χ2n) is 8.56. The molecule has 0 spiro atoms. The van der Waals surface area contributed by atoms with E-state index >= 15 is 0 Å². The second kappa shape index (κ2) is 15.1. The van der Waals surface area contributed by atoms with E-state index in [0.717, 1.165) is 8.97 Å². The first-order valence-electron chi connectivity index (χ1n) is 8.82. The minimum Gasteiger partial charge on any atom is -1.00 e. The van der Waals surface area contributed by atoms with Crippen LogP contribution in [0.4, 0.5) is 0 Å². The van der Waals surface area contributed by atoms with Gasteiger partial charge >= 0.3 is 0 Å². The molecule has 0 heterocycles. The van der Waals surface area contributed by atoms with Crippen molar-refractivity contribution < 1.29 is 33.8 Å². The fourth-order valence-electron chi connectivity index (χ4n) is 2.59. The molecule has 0 radical (unpaired) electrons. The molecule has 0 fully saturated rings. The average Bonchev–Trinajstić information content (AvgIpc) is 2.27. The SMILES string of the molecule is C[N+](C)(C)CCCCCCCCCCCC[N+](C)(C)C.[Cl-].[Cl-]. The summed E-state index contributed by atoms with van der Waals surface area (Å²) >= 11 is 0. The Bertz CT molecular complexity index is 196. The van der Waals surface area contributed by atoms with Gasteiger partial charge in [0.25, 0.3) is 0 Å². The van der Waals surface area contributed by atoms with Crippen molar-refractivity contribution in [1.82, 2.24) is 0 Å². The highest BCUT2D eigenvalue weighted by molar-refractivity contribution is 4.48. The zero-order valence-corrected chi connectivity index (χ0v) is 17.6. The van der Waals surface area contributed by atoms with Gasteiger partial charge in [0.15, 0.2) is 0 Å². The standard InChI is InChI=1S/C18H42N2.2ClH/c1-19(2,3)17-15-13-11-9-7-8-10-12-14-16-18-20(4,5)6;;/h7-18H2,1-6H3;2*1H/q+2;;/p-2. The topological polar surface area (TPSA) is 0 Å². The Balaban J connectivity index is -0.00000180. The average molecular weight is 357 g/mol. The maximum absolute atomic E-state index is 2.29. The van der Waals surface area contributed by atoms with Crippen molar-refractivity contribution in [2.45, 2.75) is 64.2 Å². The fraction of sp³-hybridized carbons (Fsp3) is 1.00. The fourth-order valence-corrected chi connectivity index (χ4v) is 2.59. The first-order valence-corrected chi connectivity index (χ1v) is 8.82. The molecule has 0 aliphatic heterocycles. The van der Waals surface area contributed by atoms with E-state index in [1.165, 1.54) is 77.3 Å². The predicted molar refractivity (Wildman–Crippen MR) is 92.0 cm³/mol. The summed E-state index contributed by atoms with van der Waals surface area (Å²) in [5, 5.41) is 0. The lowest BCUT2D eigenvalue weighted by Gasteiger charge is -2.23. The molecule has 22 heavy (non-hydrogen) atoms. The van der Waals surface area contributed by atoms with Crippen molar-refractivity contribution in [2.75, 3.05) is 55.4 Å². The van der Waals surface area contributed by atoms with Crippen molar-refractivity contribution in [3.8, 4) is 0 Å². The first kappa shape index (κ1) is 27.4. The highest BCUT2D eigenvalue weighted by atomic mass is 35.5. The lowest BCUT2D eigenvalue weighted by atomic mass is 10.1. The maximum atomic E-state index is 2.29. The molecule has 0 saturated carbocycles. The normalized spacial score (nSPS) is 11.7. The van der Waals surface area contributed by atoms with Crippen molar-refractivity contribution in [1.29, 1.82) is 0 Å². The lowest BCUT2D eigenvalue weighted by Crippen LogP contribution is -3.00. The van der Waals surface area contributed by atoms with Gasteiger partial charge in [-0.25, -0.2) is 0 Å². The third kappa shape index (κ3) is 25.5. The highest BCUT2D eigenvalue weighted by Crippen LogP contribution is 2.11. The molecule has 0 atom stereocenters. The molecular weight excluding hydrogens is 315 g/mol. The number of hydrogen-bond donors (Lipinski definition) is 0. The molecule has 138 valence electrons. The summed E-state index contributed by atoms with van der Waals surface area (Å²) < 4.78 is 2.24. The number of quaternary nitrogens is 2. The number of hydrogen-bond acceptors (Lipinski definition) is 0. The predicted octanol–water partition coefficient (Wildman–Crippen LogP) is -1.69. The molecule has 0 aromatic rings. The Kier molecular flexibility index (Phi) is 18.7. The Morgan fingerprint density at radius 2 is 0.545 bits per heavy atom. The maximum Gasteiger partial charge on any atom is 0.0780 e. The van der Waals surface area contributed by atoms with E-state index in [0.29, 0.717) is 0 Å². The van der Waals surface area contributed by atoms with Gasteiger partial charge < -0.3 is 33.8 Å². The van der Waals surface area contributed by atoms with E-state index in [1.54, 1.807) is 0 Å². The number of halogens is 2. The largest absolute Gasteiger partial charge is 1.00 e. The van der Waals surface area contributed by atoms with Crippen molar-refractivity contribution >= 4 is 0 Å². The second-order valence-corrected chi connectivity index (χ2v) is 8.56. The zero-order valence-electron chi connectivity index (χ0n) is 16.1. The number of rotatable bonds is 13. The van der Waals surface area contributed by atoms with Crippen LogP contribution in [0.3, 0.4) is 0 Å². The van der Waals surface area contributed by atoms with E-state index in [4.69, 9.17) is 0 Å². The molecule has 0 aliphatic carbocycles. The van der Waals surface area contributed by atoms with Gasteiger partial charge in [-0.1, -0.05) is 38.5 Å². The van der Waals surface area contributed by atoms with Crippen LogP contribution in [0.15, 0.2) is 0 Å². The van der Waals surface area contributed by atoms with E-state index in [-0.39, 0.29) is 24.8 Å². The van der Waals surface area contributed by atoms with Crippen LogP contribution in [-0.4, -0.2) is 64.3 Å². The molecule has 0 N–H and O–H groups in total. The van der Waals surface area contributed by atoms with Crippen LogP contribution in [0.2, 0.25) is 0 Å². The van der Waals surface area contributed by atoms with Gasteiger partial charge in [0.05, 0.1) is 55.4 Å². The molecule has 0 amide bonds. The zero-order chi connectivity index (χ0) is 15.5.